The lowest BCUT2D eigenvalue weighted by molar-refractivity contribution is -0.122. The Morgan fingerprint density at radius 1 is 0.967 bits per heavy atom. The Hall–Kier alpha value is -2.60. The first-order chi connectivity index (χ1) is 14.4. The number of hydrogen-bond acceptors (Lipinski definition) is 4. The maximum absolute atomic E-state index is 13.3. The molecule has 1 aliphatic carbocycles. The number of nitrogens with one attached hydrogen (secondary N) is 1. The Kier molecular flexibility index (Phi) is 5.69. The van der Waals surface area contributed by atoms with Crippen molar-refractivity contribution in [2.75, 3.05) is 14.2 Å². The molecular weight excluding hydrogens is 446 g/mol. The fourth-order valence-electron chi connectivity index (χ4n) is 4.46. The van der Waals surface area contributed by atoms with Crippen molar-refractivity contribution >= 4 is 27.6 Å². The van der Waals surface area contributed by atoms with Crippen LogP contribution in [0.15, 0.2) is 52.1 Å². The number of methoxy groups -OCH3 is 2. The van der Waals surface area contributed by atoms with Crippen molar-refractivity contribution in [1.29, 1.82) is 0 Å². The van der Waals surface area contributed by atoms with Crippen molar-refractivity contribution in [3.05, 3.63) is 68.8 Å². The molecule has 2 aromatic rings. The number of rotatable bonds is 4. The fourth-order valence-corrected chi connectivity index (χ4v) is 5.08. The van der Waals surface area contributed by atoms with E-state index in [1.807, 2.05) is 19.1 Å². The van der Waals surface area contributed by atoms with Gasteiger partial charge < -0.3 is 14.8 Å². The molecule has 2 aromatic carbocycles. The molecule has 1 N–H and O–H groups in total. The average Bonchev–Trinajstić information content (AvgIpc) is 2.72. The Balaban J connectivity index is 1.74. The van der Waals surface area contributed by atoms with E-state index in [2.05, 4.69) is 45.5 Å². The lowest BCUT2D eigenvalue weighted by Crippen LogP contribution is -2.38. The zero-order chi connectivity index (χ0) is 21.4. The summed E-state index contributed by atoms with van der Waals surface area (Å²) < 4.78 is 11.6. The minimum absolute atomic E-state index is 0.0676. The molecule has 2 atom stereocenters. The second kappa shape index (κ2) is 8.26. The molecule has 0 bridgehead atoms. The largest absolute Gasteiger partial charge is 0.493 e. The van der Waals surface area contributed by atoms with Crippen molar-refractivity contribution in [2.45, 2.75) is 38.0 Å². The van der Waals surface area contributed by atoms with Crippen molar-refractivity contribution in [2.24, 2.45) is 0 Å². The van der Waals surface area contributed by atoms with E-state index in [1.165, 1.54) is 5.56 Å². The van der Waals surface area contributed by atoms with Gasteiger partial charge in [0.05, 0.1) is 18.7 Å². The molecule has 2 aliphatic rings. The highest BCUT2D eigenvalue weighted by molar-refractivity contribution is 9.10. The van der Waals surface area contributed by atoms with E-state index in [1.54, 1.807) is 14.2 Å². The Labute approximate surface area is 184 Å². The number of aryl methyl sites for hydroxylation is 1. The van der Waals surface area contributed by atoms with E-state index in [4.69, 9.17) is 9.47 Å². The summed E-state index contributed by atoms with van der Waals surface area (Å²) in [4.78, 5) is 25.8. The number of ether oxygens (including phenoxy) is 2. The Morgan fingerprint density at radius 2 is 1.70 bits per heavy atom. The highest BCUT2D eigenvalue weighted by Crippen LogP contribution is 2.45. The van der Waals surface area contributed by atoms with Crippen LogP contribution in [-0.4, -0.2) is 25.9 Å². The summed E-state index contributed by atoms with van der Waals surface area (Å²) in [5.41, 5.74) is 4.65. The lowest BCUT2D eigenvalue weighted by Gasteiger charge is -2.34. The lowest BCUT2D eigenvalue weighted by atomic mass is 9.73. The third-order valence-corrected chi connectivity index (χ3v) is 6.53. The number of benzene rings is 2. The second-order valence-electron chi connectivity index (χ2n) is 7.87. The van der Waals surface area contributed by atoms with E-state index >= 15 is 0 Å². The van der Waals surface area contributed by atoms with Gasteiger partial charge in [0.25, 0.3) is 0 Å². The van der Waals surface area contributed by atoms with Gasteiger partial charge in [-0.25, -0.2) is 0 Å². The van der Waals surface area contributed by atoms with Crippen molar-refractivity contribution in [1.82, 2.24) is 5.32 Å². The van der Waals surface area contributed by atoms with Crippen LogP contribution in [0.25, 0.3) is 0 Å². The number of ketones is 1. The van der Waals surface area contributed by atoms with E-state index in [-0.39, 0.29) is 29.9 Å². The van der Waals surface area contributed by atoms with Crippen LogP contribution in [0.3, 0.4) is 0 Å². The van der Waals surface area contributed by atoms with Crippen LogP contribution in [0, 0.1) is 6.92 Å². The van der Waals surface area contributed by atoms with Gasteiger partial charge in [0.2, 0.25) is 5.91 Å². The summed E-state index contributed by atoms with van der Waals surface area (Å²) >= 11 is 3.52. The monoisotopic (exact) mass is 469 g/mol. The van der Waals surface area contributed by atoms with Gasteiger partial charge in [0, 0.05) is 30.0 Å². The number of hydrogen-bond donors (Lipinski definition) is 1. The molecule has 4 rings (SSSR count). The van der Waals surface area contributed by atoms with Gasteiger partial charge in [0.15, 0.2) is 17.3 Å². The number of carbonyl (C=O) groups excluding carboxylic acids is 2. The highest BCUT2D eigenvalue weighted by atomic mass is 79.9. The first-order valence-electron chi connectivity index (χ1n) is 9.95. The van der Waals surface area contributed by atoms with Crippen LogP contribution in [0.5, 0.6) is 11.5 Å². The molecule has 0 fully saturated rings. The predicted octanol–water partition coefficient (Wildman–Crippen LogP) is 4.78. The van der Waals surface area contributed by atoms with Crippen LogP contribution in [0.4, 0.5) is 0 Å². The standard InChI is InChI=1S/C24H24BrNO4/c1-13-4-6-14(7-5-13)15-9-19-23(20(27)10-15)17(12-22(28)26-19)16-8-18(25)24(30-3)21(11-16)29-2/h4-8,11,15,17H,9-10,12H2,1-3H3,(H,26,28). The molecule has 30 heavy (non-hydrogen) atoms. The summed E-state index contributed by atoms with van der Waals surface area (Å²) in [7, 11) is 3.15. The molecule has 0 aromatic heterocycles. The average molecular weight is 470 g/mol. The maximum atomic E-state index is 13.3. The number of amides is 1. The fraction of sp³-hybridized carbons (Fsp3) is 0.333. The Bertz CT molecular complexity index is 1040. The van der Waals surface area contributed by atoms with Crippen LogP contribution in [0.1, 0.15) is 47.8 Å². The van der Waals surface area contributed by atoms with Gasteiger partial charge in [-0.15, -0.1) is 0 Å². The number of carbonyl (C=O) groups is 2. The van der Waals surface area contributed by atoms with Crippen LogP contribution in [0.2, 0.25) is 0 Å². The molecule has 0 saturated heterocycles. The maximum Gasteiger partial charge on any atom is 0.225 e. The third kappa shape index (κ3) is 3.76. The number of Topliss-reactive ketones (excluding diaryl/α,β-unsaturated/α-hetero) is 1. The molecule has 0 saturated carbocycles. The highest BCUT2D eigenvalue weighted by Gasteiger charge is 2.38. The first kappa shape index (κ1) is 20.7. The van der Waals surface area contributed by atoms with E-state index in [0.29, 0.717) is 24.3 Å². The molecular formula is C24H24BrNO4. The van der Waals surface area contributed by atoms with Gasteiger partial charge in [-0.1, -0.05) is 29.8 Å². The topological polar surface area (TPSA) is 64.6 Å². The molecule has 2 unspecified atom stereocenters. The van der Waals surface area contributed by atoms with Gasteiger partial charge in [0.1, 0.15) is 0 Å². The first-order valence-corrected chi connectivity index (χ1v) is 10.7. The molecule has 5 nitrogen and oxygen atoms in total. The zero-order valence-electron chi connectivity index (χ0n) is 17.3. The van der Waals surface area contributed by atoms with Crippen molar-refractivity contribution in [3.63, 3.8) is 0 Å². The summed E-state index contributed by atoms with van der Waals surface area (Å²) in [5.74, 6) is 0.963. The zero-order valence-corrected chi connectivity index (χ0v) is 18.8. The second-order valence-corrected chi connectivity index (χ2v) is 8.73. The minimum atomic E-state index is -0.295. The van der Waals surface area contributed by atoms with Gasteiger partial charge >= 0.3 is 0 Å². The molecule has 156 valence electrons. The van der Waals surface area contributed by atoms with E-state index in [9.17, 15) is 9.59 Å². The predicted molar refractivity (Wildman–Crippen MR) is 118 cm³/mol. The van der Waals surface area contributed by atoms with Crippen LogP contribution >= 0.6 is 15.9 Å². The molecule has 1 aliphatic heterocycles. The van der Waals surface area contributed by atoms with Gasteiger partial charge in [-0.3, -0.25) is 9.59 Å². The third-order valence-electron chi connectivity index (χ3n) is 5.94. The summed E-state index contributed by atoms with van der Waals surface area (Å²) in [6, 6.07) is 12.0. The smallest absolute Gasteiger partial charge is 0.225 e. The van der Waals surface area contributed by atoms with Crippen LogP contribution in [-0.2, 0) is 9.59 Å². The van der Waals surface area contributed by atoms with Crippen LogP contribution < -0.4 is 14.8 Å². The number of allylic oxidation sites excluding steroid dienone is 2. The molecule has 0 spiro atoms. The quantitative estimate of drug-likeness (QED) is 0.699. The minimum Gasteiger partial charge on any atom is -0.493 e. The van der Waals surface area contributed by atoms with Gasteiger partial charge in [-0.2, -0.15) is 0 Å². The van der Waals surface area contributed by atoms with E-state index < -0.39 is 0 Å². The van der Waals surface area contributed by atoms with E-state index in [0.717, 1.165) is 26.9 Å². The summed E-state index contributed by atoms with van der Waals surface area (Å²) in [5, 5.41) is 2.98. The summed E-state index contributed by atoms with van der Waals surface area (Å²) in [6.45, 7) is 2.05. The summed E-state index contributed by atoms with van der Waals surface area (Å²) in [6.07, 6.45) is 1.34. The van der Waals surface area contributed by atoms with Crippen molar-refractivity contribution < 1.29 is 19.1 Å². The normalized spacial score (nSPS) is 21.2. The number of halogens is 1. The molecule has 6 heteroatoms. The van der Waals surface area contributed by atoms with Crippen molar-refractivity contribution in [3.8, 4) is 11.5 Å². The molecule has 1 amide bonds. The SMILES string of the molecule is COc1cc(C2CC(=O)NC3=C2C(=O)CC(c2ccc(C)cc2)C3)cc(Br)c1OC. The Morgan fingerprint density at radius 3 is 2.37 bits per heavy atom. The van der Waals surface area contributed by atoms with Gasteiger partial charge in [-0.05, 0) is 58.5 Å². The molecule has 0 radical (unpaired) electrons. The molecule has 1 heterocycles.